The van der Waals surface area contributed by atoms with Gasteiger partial charge in [-0.2, -0.15) is 0 Å². The van der Waals surface area contributed by atoms with Gasteiger partial charge in [0.15, 0.2) is 24.6 Å². The molecule has 0 aliphatic carbocycles. The lowest BCUT2D eigenvalue weighted by atomic mass is 9.98. The first kappa shape index (κ1) is 25.1. The van der Waals surface area contributed by atoms with E-state index in [9.17, 15) is 14.4 Å². The molecule has 0 spiro atoms. The predicted octanol–water partition coefficient (Wildman–Crippen LogP) is 4.05. The Balaban J connectivity index is 1.66. The van der Waals surface area contributed by atoms with Crippen molar-refractivity contribution in [1.82, 2.24) is 0 Å². The van der Waals surface area contributed by atoms with Crippen LogP contribution in [0.25, 0.3) is 0 Å². The lowest BCUT2D eigenvalue weighted by molar-refractivity contribution is -0.283. The number of methoxy groups -OCH3 is 1. The molecule has 0 amide bonds. The van der Waals surface area contributed by atoms with Crippen molar-refractivity contribution >= 4 is 17.9 Å². The van der Waals surface area contributed by atoms with E-state index in [2.05, 4.69) is 0 Å². The Morgan fingerprint density at radius 2 is 0.944 bits per heavy atom. The highest BCUT2D eigenvalue weighted by atomic mass is 16.7. The molecule has 0 radical (unpaired) electrons. The number of esters is 3. The molecule has 3 aromatic rings. The first-order valence-electron chi connectivity index (χ1n) is 11.4. The van der Waals surface area contributed by atoms with Crippen LogP contribution in [0.1, 0.15) is 38.0 Å². The van der Waals surface area contributed by atoms with Crippen LogP contribution in [-0.4, -0.2) is 55.7 Å². The predicted molar refractivity (Wildman–Crippen MR) is 128 cm³/mol. The Hall–Kier alpha value is -4.01. The number of rotatable bonds is 7. The first-order chi connectivity index (χ1) is 17.5. The fraction of sp³-hybridized carbons (Fsp3) is 0.250. The van der Waals surface area contributed by atoms with E-state index < -0.39 is 48.6 Å². The molecule has 8 heteroatoms. The van der Waals surface area contributed by atoms with E-state index in [1.807, 2.05) is 0 Å². The maximum atomic E-state index is 13.0. The summed E-state index contributed by atoms with van der Waals surface area (Å²) < 4.78 is 28.6. The van der Waals surface area contributed by atoms with Gasteiger partial charge in [-0.05, 0) is 43.3 Å². The number of benzene rings is 3. The molecule has 1 fully saturated rings. The summed E-state index contributed by atoms with van der Waals surface area (Å²) in [5, 5.41) is 0. The molecule has 1 aliphatic heterocycles. The van der Waals surface area contributed by atoms with E-state index >= 15 is 0 Å². The fourth-order valence-electron chi connectivity index (χ4n) is 3.88. The fourth-order valence-corrected chi connectivity index (χ4v) is 3.88. The molecule has 5 atom stereocenters. The minimum atomic E-state index is -1.22. The standard InChI is InChI=1S/C28H26O8/c1-18-22(34-25(29)19-12-6-3-7-13-19)23(35-26(30)20-14-8-4-9-15-20)24(28(32-2)33-18)36-27(31)21-16-10-5-11-17-21/h3-18,22-24,28H,1-2H3/t18-,22+,23-,24-,28+/m0/s1. The summed E-state index contributed by atoms with van der Waals surface area (Å²) in [5.74, 6) is -1.98. The molecule has 1 aliphatic rings. The molecule has 0 bridgehead atoms. The van der Waals surface area contributed by atoms with E-state index in [0.717, 1.165) is 0 Å². The minimum Gasteiger partial charge on any atom is -0.452 e. The molecule has 3 aromatic carbocycles. The van der Waals surface area contributed by atoms with Gasteiger partial charge in [0, 0.05) is 7.11 Å². The monoisotopic (exact) mass is 490 g/mol. The van der Waals surface area contributed by atoms with Crippen LogP contribution < -0.4 is 0 Å². The number of hydrogen-bond donors (Lipinski definition) is 0. The second-order valence-corrected chi connectivity index (χ2v) is 8.15. The number of carbonyl (C=O) groups is 3. The second-order valence-electron chi connectivity index (χ2n) is 8.15. The smallest absolute Gasteiger partial charge is 0.338 e. The Morgan fingerprint density at radius 3 is 1.33 bits per heavy atom. The van der Waals surface area contributed by atoms with Crippen LogP contribution in [0.5, 0.6) is 0 Å². The van der Waals surface area contributed by atoms with Gasteiger partial charge >= 0.3 is 17.9 Å². The highest BCUT2D eigenvalue weighted by molar-refractivity contribution is 5.91. The Morgan fingerprint density at radius 1 is 0.583 bits per heavy atom. The van der Waals surface area contributed by atoms with Crippen LogP contribution in [0.4, 0.5) is 0 Å². The molecule has 0 saturated carbocycles. The summed E-state index contributed by atoms with van der Waals surface area (Å²) in [6.07, 6.45) is -5.35. The van der Waals surface area contributed by atoms with E-state index in [-0.39, 0.29) is 11.1 Å². The normalized spacial score (nSPS) is 23.3. The van der Waals surface area contributed by atoms with Crippen molar-refractivity contribution in [2.45, 2.75) is 37.6 Å². The Bertz CT molecular complexity index is 1170. The number of hydrogen-bond acceptors (Lipinski definition) is 8. The van der Waals surface area contributed by atoms with Gasteiger partial charge in [-0.15, -0.1) is 0 Å². The summed E-state index contributed by atoms with van der Waals surface area (Å²) in [4.78, 5) is 38.9. The third kappa shape index (κ3) is 5.79. The number of carbonyl (C=O) groups excluding carboxylic acids is 3. The van der Waals surface area contributed by atoms with Gasteiger partial charge in [0.25, 0.3) is 0 Å². The van der Waals surface area contributed by atoms with Crippen LogP contribution in [0.3, 0.4) is 0 Å². The molecule has 1 saturated heterocycles. The van der Waals surface area contributed by atoms with Gasteiger partial charge in [0.1, 0.15) is 0 Å². The average Bonchev–Trinajstić information content (AvgIpc) is 2.93. The third-order valence-corrected chi connectivity index (χ3v) is 5.72. The van der Waals surface area contributed by atoms with E-state index in [0.29, 0.717) is 5.56 Å². The van der Waals surface area contributed by atoms with Gasteiger partial charge in [0.05, 0.1) is 22.8 Å². The second kappa shape index (κ2) is 11.6. The summed E-state index contributed by atoms with van der Waals surface area (Å²) in [6.45, 7) is 1.66. The molecular weight excluding hydrogens is 464 g/mol. The van der Waals surface area contributed by atoms with E-state index in [1.54, 1.807) is 97.9 Å². The van der Waals surface area contributed by atoms with Crippen molar-refractivity contribution in [2.24, 2.45) is 0 Å². The summed E-state index contributed by atoms with van der Waals surface area (Å²) in [6, 6.07) is 25.1. The zero-order valence-electron chi connectivity index (χ0n) is 19.8. The molecule has 1 heterocycles. The van der Waals surface area contributed by atoms with Crippen molar-refractivity contribution in [3.05, 3.63) is 108 Å². The maximum Gasteiger partial charge on any atom is 0.338 e. The lowest BCUT2D eigenvalue weighted by Gasteiger charge is -2.43. The van der Waals surface area contributed by atoms with Gasteiger partial charge in [-0.3, -0.25) is 0 Å². The van der Waals surface area contributed by atoms with Crippen LogP contribution in [0.2, 0.25) is 0 Å². The van der Waals surface area contributed by atoms with Gasteiger partial charge < -0.3 is 23.7 Å². The summed E-state index contributed by atoms with van der Waals surface area (Å²) >= 11 is 0. The Labute approximate surface area is 208 Å². The molecule has 8 nitrogen and oxygen atoms in total. The van der Waals surface area contributed by atoms with Crippen molar-refractivity contribution in [3.63, 3.8) is 0 Å². The van der Waals surface area contributed by atoms with Crippen molar-refractivity contribution in [2.75, 3.05) is 7.11 Å². The van der Waals surface area contributed by atoms with E-state index in [1.165, 1.54) is 7.11 Å². The topological polar surface area (TPSA) is 97.4 Å². The van der Waals surface area contributed by atoms with E-state index in [4.69, 9.17) is 23.7 Å². The van der Waals surface area contributed by atoms with Crippen LogP contribution >= 0.6 is 0 Å². The molecular formula is C28H26O8. The average molecular weight is 491 g/mol. The largest absolute Gasteiger partial charge is 0.452 e. The van der Waals surface area contributed by atoms with Crippen molar-refractivity contribution in [3.8, 4) is 0 Å². The first-order valence-corrected chi connectivity index (χ1v) is 11.4. The molecule has 186 valence electrons. The van der Waals surface area contributed by atoms with Crippen molar-refractivity contribution in [1.29, 1.82) is 0 Å². The van der Waals surface area contributed by atoms with Crippen LogP contribution in [-0.2, 0) is 23.7 Å². The quantitative estimate of drug-likeness (QED) is 0.361. The minimum absolute atomic E-state index is 0.284. The maximum absolute atomic E-state index is 13.0. The number of ether oxygens (including phenoxy) is 5. The Kier molecular flexibility index (Phi) is 8.10. The molecule has 0 unspecified atom stereocenters. The van der Waals surface area contributed by atoms with Crippen molar-refractivity contribution < 1.29 is 38.1 Å². The SMILES string of the molecule is CO[C@@H]1O[C@@H](C)[C@@H](OC(=O)c2ccccc2)[C@H](OC(=O)c2ccccc2)[C@@H]1OC(=O)c1ccccc1. The van der Waals surface area contributed by atoms with Gasteiger partial charge in [-0.25, -0.2) is 14.4 Å². The van der Waals surface area contributed by atoms with Crippen LogP contribution in [0, 0.1) is 0 Å². The molecule has 0 aromatic heterocycles. The van der Waals surface area contributed by atoms with Gasteiger partial charge in [-0.1, -0.05) is 54.6 Å². The zero-order chi connectivity index (χ0) is 25.5. The summed E-state index contributed by atoms with van der Waals surface area (Å²) in [5.41, 5.74) is 0.883. The molecule has 0 N–H and O–H groups in total. The highest BCUT2D eigenvalue weighted by Crippen LogP contribution is 2.30. The molecule has 4 rings (SSSR count). The van der Waals surface area contributed by atoms with Gasteiger partial charge in [0.2, 0.25) is 0 Å². The zero-order valence-corrected chi connectivity index (χ0v) is 19.8. The third-order valence-electron chi connectivity index (χ3n) is 5.72. The lowest BCUT2D eigenvalue weighted by Crippen LogP contribution is -2.61. The highest BCUT2D eigenvalue weighted by Gasteiger charge is 2.51. The summed E-state index contributed by atoms with van der Waals surface area (Å²) in [7, 11) is 1.38. The molecule has 36 heavy (non-hydrogen) atoms. The van der Waals surface area contributed by atoms with Crippen LogP contribution in [0.15, 0.2) is 91.0 Å².